The standard InChI is InChI=1S/C20H22N4O2/c1-12(25)21-15-6-4-5-14(10-15)16-11-17-19(23-20(16)26-3)22-18(24(17)2)9-13-7-8-13/h4-6,10-11,13H,7-9H2,1-3H3,(H,21,25). The second-order valence-electron chi connectivity index (χ2n) is 6.88. The quantitative estimate of drug-likeness (QED) is 0.764. The van der Waals surface area contributed by atoms with Crippen LogP contribution < -0.4 is 10.1 Å². The fraction of sp³-hybridized carbons (Fsp3) is 0.350. The van der Waals surface area contributed by atoms with Gasteiger partial charge in [0.2, 0.25) is 11.8 Å². The Hall–Kier alpha value is -2.89. The topological polar surface area (TPSA) is 69.0 Å². The van der Waals surface area contributed by atoms with Gasteiger partial charge in [0.1, 0.15) is 5.82 Å². The summed E-state index contributed by atoms with van der Waals surface area (Å²) >= 11 is 0. The number of rotatable bonds is 5. The number of carbonyl (C=O) groups excluding carboxylic acids is 1. The van der Waals surface area contributed by atoms with E-state index in [4.69, 9.17) is 9.72 Å². The Morgan fingerprint density at radius 3 is 2.81 bits per heavy atom. The predicted molar refractivity (Wildman–Crippen MR) is 101 cm³/mol. The van der Waals surface area contributed by atoms with Crippen molar-refractivity contribution in [3.8, 4) is 17.0 Å². The number of benzene rings is 1. The first kappa shape index (κ1) is 16.6. The maximum absolute atomic E-state index is 11.3. The van der Waals surface area contributed by atoms with Crippen molar-refractivity contribution in [3.05, 3.63) is 36.2 Å². The van der Waals surface area contributed by atoms with Gasteiger partial charge in [0.05, 0.1) is 12.6 Å². The van der Waals surface area contributed by atoms with Gasteiger partial charge in [-0.2, -0.15) is 4.98 Å². The van der Waals surface area contributed by atoms with Crippen molar-refractivity contribution in [2.45, 2.75) is 26.2 Å². The van der Waals surface area contributed by atoms with E-state index in [1.54, 1.807) is 7.11 Å². The Morgan fingerprint density at radius 1 is 1.31 bits per heavy atom. The summed E-state index contributed by atoms with van der Waals surface area (Å²) < 4.78 is 7.65. The first-order chi connectivity index (χ1) is 12.5. The van der Waals surface area contributed by atoms with Gasteiger partial charge in [-0.05, 0) is 42.5 Å². The van der Waals surface area contributed by atoms with Crippen LogP contribution in [0.25, 0.3) is 22.3 Å². The number of methoxy groups -OCH3 is 1. The summed E-state index contributed by atoms with van der Waals surface area (Å²) in [6.45, 7) is 1.50. The monoisotopic (exact) mass is 350 g/mol. The van der Waals surface area contributed by atoms with Crippen LogP contribution in [0.5, 0.6) is 5.88 Å². The number of pyridine rings is 1. The second kappa shape index (κ2) is 6.44. The van der Waals surface area contributed by atoms with E-state index in [1.807, 2.05) is 31.3 Å². The second-order valence-corrected chi connectivity index (χ2v) is 6.88. The molecule has 0 radical (unpaired) electrons. The van der Waals surface area contributed by atoms with Crippen LogP contribution >= 0.6 is 0 Å². The van der Waals surface area contributed by atoms with E-state index in [1.165, 1.54) is 19.8 Å². The van der Waals surface area contributed by atoms with Crippen molar-refractivity contribution < 1.29 is 9.53 Å². The number of anilines is 1. The molecule has 0 saturated heterocycles. The molecule has 1 aliphatic rings. The maximum atomic E-state index is 11.3. The Labute approximate surface area is 152 Å². The molecule has 0 atom stereocenters. The molecule has 0 unspecified atom stereocenters. The van der Waals surface area contributed by atoms with Crippen LogP contribution in [0.1, 0.15) is 25.6 Å². The van der Waals surface area contributed by atoms with Crippen molar-refractivity contribution in [3.63, 3.8) is 0 Å². The number of nitrogens with one attached hydrogen (secondary N) is 1. The van der Waals surface area contributed by atoms with E-state index >= 15 is 0 Å². The van der Waals surface area contributed by atoms with E-state index < -0.39 is 0 Å². The predicted octanol–water partition coefficient (Wildman–Crippen LogP) is 3.55. The van der Waals surface area contributed by atoms with Crippen molar-refractivity contribution in [2.75, 3.05) is 12.4 Å². The highest BCUT2D eigenvalue weighted by Crippen LogP contribution is 2.35. The lowest BCUT2D eigenvalue weighted by Gasteiger charge is -2.10. The van der Waals surface area contributed by atoms with E-state index in [0.717, 1.165) is 40.5 Å². The molecule has 1 aliphatic carbocycles. The number of nitrogens with zero attached hydrogens (tertiary/aromatic N) is 3. The lowest BCUT2D eigenvalue weighted by Crippen LogP contribution is -2.05. The maximum Gasteiger partial charge on any atom is 0.223 e. The third kappa shape index (κ3) is 3.14. The first-order valence-electron chi connectivity index (χ1n) is 8.83. The number of aromatic nitrogens is 3. The molecule has 134 valence electrons. The largest absolute Gasteiger partial charge is 0.480 e. The molecule has 4 rings (SSSR count). The van der Waals surface area contributed by atoms with E-state index in [-0.39, 0.29) is 5.91 Å². The summed E-state index contributed by atoms with van der Waals surface area (Å²) in [5.41, 5.74) is 4.26. The molecule has 1 amide bonds. The highest BCUT2D eigenvalue weighted by Gasteiger charge is 2.25. The Kier molecular flexibility index (Phi) is 4.11. The zero-order chi connectivity index (χ0) is 18.3. The molecule has 1 aromatic carbocycles. The molecule has 6 nitrogen and oxygen atoms in total. The van der Waals surface area contributed by atoms with E-state index in [2.05, 4.69) is 20.9 Å². The molecular formula is C20H22N4O2. The summed E-state index contributed by atoms with van der Waals surface area (Å²) in [5, 5.41) is 2.82. The molecule has 1 fully saturated rings. The fourth-order valence-electron chi connectivity index (χ4n) is 3.23. The Balaban J connectivity index is 1.80. The highest BCUT2D eigenvalue weighted by atomic mass is 16.5. The molecule has 2 heterocycles. The van der Waals surface area contributed by atoms with Gasteiger partial charge < -0.3 is 14.6 Å². The molecule has 1 N–H and O–H groups in total. The van der Waals surface area contributed by atoms with Gasteiger partial charge in [0.15, 0.2) is 5.65 Å². The molecule has 0 bridgehead atoms. The third-order valence-electron chi connectivity index (χ3n) is 4.79. The molecule has 6 heteroatoms. The van der Waals surface area contributed by atoms with Gasteiger partial charge in [-0.25, -0.2) is 4.98 Å². The van der Waals surface area contributed by atoms with Gasteiger partial charge in [-0.15, -0.1) is 0 Å². The zero-order valence-corrected chi connectivity index (χ0v) is 15.2. The van der Waals surface area contributed by atoms with Crippen LogP contribution in [0.2, 0.25) is 0 Å². The van der Waals surface area contributed by atoms with Gasteiger partial charge in [0.25, 0.3) is 0 Å². The summed E-state index contributed by atoms with van der Waals surface area (Å²) in [7, 11) is 3.65. The number of aryl methyl sites for hydroxylation is 1. The van der Waals surface area contributed by atoms with Gasteiger partial charge in [-0.3, -0.25) is 4.79 Å². The SMILES string of the molecule is COc1nc2nc(CC3CC3)n(C)c2cc1-c1cccc(NC(C)=O)c1. The molecule has 0 aliphatic heterocycles. The van der Waals surface area contributed by atoms with Crippen LogP contribution in [0, 0.1) is 5.92 Å². The zero-order valence-electron chi connectivity index (χ0n) is 15.2. The molecule has 26 heavy (non-hydrogen) atoms. The minimum absolute atomic E-state index is 0.0981. The summed E-state index contributed by atoms with van der Waals surface area (Å²) in [4.78, 5) is 20.7. The van der Waals surface area contributed by atoms with Crippen LogP contribution in [0.3, 0.4) is 0 Å². The smallest absolute Gasteiger partial charge is 0.223 e. The average molecular weight is 350 g/mol. The summed E-state index contributed by atoms with van der Waals surface area (Å²) in [6, 6.07) is 9.75. The highest BCUT2D eigenvalue weighted by molar-refractivity contribution is 5.90. The van der Waals surface area contributed by atoms with Crippen molar-refractivity contribution in [1.29, 1.82) is 0 Å². The first-order valence-corrected chi connectivity index (χ1v) is 8.83. The van der Waals surface area contributed by atoms with Gasteiger partial charge in [0, 0.05) is 31.6 Å². The van der Waals surface area contributed by atoms with Gasteiger partial charge in [-0.1, -0.05) is 12.1 Å². The normalized spacial score (nSPS) is 13.8. The Bertz CT molecular complexity index is 989. The van der Waals surface area contributed by atoms with E-state index in [9.17, 15) is 4.79 Å². The number of fused-ring (bicyclic) bond motifs is 1. The minimum Gasteiger partial charge on any atom is -0.480 e. The lowest BCUT2D eigenvalue weighted by atomic mass is 10.1. The number of imidazole rings is 1. The van der Waals surface area contributed by atoms with Crippen LogP contribution in [0.15, 0.2) is 30.3 Å². The number of amides is 1. The number of carbonyl (C=O) groups is 1. The van der Waals surface area contributed by atoms with Gasteiger partial charge >= 0.3 is 0 Å². The third-order valence-corrected chi connectivity index (χ3v) is 4.79. The summed E-state index contributed by atoms with van der Waals surface area (Å²) in [5.74, 6) is 2.27. The summed E-state index contributed by atoms with van der Waals surface area (Å²) in [6.07, 6.45) is 3.59. The van der Waals surface area contributed by atoms with Crippen molar-refractivity contribution in [1.82, 2.24) is 14.5 Å². The van der Waals surface area contributed by atoms with Crippen LogP contribution in [0.4, 0.5) is 5.69 Å². The van der Waals surface area contributed by atoms with Crippen molar-refractivity contribution >= 4 is 22.8 Å². The lowest BCUT2D eigenvalue weighted by molar-refractivity contribution is -0.114. The molecule has 2 aromatic heterocycles. The van der Waals surface area contributed by atoms with Crippen molar-refractivity contribution in [2.24, 2.45) is 13.0 Å². The molecule has 0 spiro atoms. The molecule has 1 saturated carbocycles. The average Bonchev–Trinajstić information content (AvgIpc) is 3.38. The van der Waals surface area contributed by atoms with E-state index in [0.29, 0.717) is 11.5 Å². The number of ether oxygens (including phenoxy) is 1. The molecule has 3 aromatic rings. The Morgan fingerprint density at radius 2 is 2.12 bits per heavy atom. The molecular weight excluding hydrogens is 328 g/mol. The van der Waals surface area contributed by atoms with Crippen LogP contribution in [-0.4, -0.2) is 27.6 Å². The fourth-order valence-corrected chi connectivity index (χ4v) is 3.23. The minimum atomic E-state index is -0.0981. The van der Waals surface area contributed by atoms with Crippen LogP contribution in [-0.2, 0) is 18.3 Å². The number of hydrogen-bond donors (Lipinski definition) is 1. The number of hydrogen-bond acceptors (Lipinski definition) is 4.